The van der Waals surface area contributed by atoms with Gasteiger partial charge in [-0.3, -0.25) is 0 Å². The number of hydrogen-bond donors (Lipinski definition) is 0. The maximum atomic E-state index is 4.72. The molecule has 1 unspecified atom stereocenters. The lowest BCUT2D eigenvalue weighted by atomic mass is 9.83. The van der Waals surface area contributed by atoms with Gasteiger partial charge in [-0.25, -0.2) is 4.99 Å². The molecule has 0 saturated heterocycles. The van der Waals surface area contributed by atoms with Gasteiger partial charge in [0.05, 0.1) is 5.71 Å². The first kappa shape index (κ1) is 11.6. The highest BCUT2D eigenvalue weighted by Crippen LogP contribution is 2.38. The van der Waals surface area contributed by atoms with Gasteiger partial charge >= 0.3 is 0 Å². The lowest BCUT2D eigenvalue weighted by Crippen LogP contribution is -2.43. The van der Waals surface area contributed by atoms with Crippen LogP contribution in [-0.4, -0.2) is 49.0 Å². The highest BCUT2D eigenvalue weighted by atomic mass is 15.5. The first-order valence-electron chi connectivity index (χ1n) is 6.21. The second kappa shape index (κ2) is 4.04. The smallest absolute Gasteiger partial charge is 0.239 e. The van der Waals surface area contributed by atoms with Gasteiger partial charge in [0.2, 0.25) is 13.3 Å². The van der Waals surface area contributed by atoms with Crippen molar-refractivity contribution in [2.75, 3.05) is 20.8 Å². The molecule has 1 spiro atoms. The summed E-state index contributed by atoms with van der Waals surface area (Å²) in [5.74, 6) is 1.09. The lowest BCUT2D eigenvalue weighted by molar-refractivity contribution is -0.731. The van der Waals surface area contributed by atoms with E-state index in [1.807, 2.05) is 20.2 Å². The molecule has 0 aromatic heterocycles. The predicted molar refractivity (Wildman–Crippen MR) is 75.2 cm³/mol. The standard InChI is InChI=1S/C13H17BN4/c1-10-13-11(8-14-17(2)3)15-9-18(13)7-5-4-6-12(18)16-10/h4-7H,8-9H2,1-3H3/q+1. The fourth-order valence-electron chi connectivity index (χ4n) is 2.71. The second-order valence-corrected chi connectivity index (χ2v) is 5.07. The van der Waals surface area contributed by atoms with E-state index in [-0.39, 0.29) is 0 Å². The highest BCUT2D eigenvalue weighted by Gasteiger charge is 2.48. The van der Waals surface area contributed by atoms with Crippen LogP contribution in [0, 0.1) is 0 Å². The Labute approximate surface area is 109 Å². The van der Waals surface area contributed by atoms with E-state index in [1.54, 1.807) is 0 Å². The van der Waals surface area contributed by atoms with Gasteiger partial charge in [0, 0.05) is 6.08 Å². The largest absolute Gasteiger partial charge is 0.352 e. The Kier molecular flexibility index (Phi) is 2.61. The van der Waals surface area contributed by atoms with Crippen LogP contribution >= 0.6 is 0 Å². The number of amidine groups is 1. The van der Waals surface area contributed by atoms with Crippen LogP contribution in [0.1, 0.15) is 6.92 Å². The number of hydrogen-bond acceptors (Lipinski definition) is 3. The van der Waals surface area contributed by atoms with Crippen LogP contribution in [0.25, 0.3) is 0 Å². The molecule has 18 heavy (non-hydrogen) atoms. The number of rotatable bonds is 3. The number of allylic oxidation sites excluding steroid dienone is 4. The van der Waals surface area contributed by atoms with Gasteiger partial charge in [0.15, 0.2) is 12.4 Å². The van der Waals surface area contributed by atoms with Crippen molar-refractivity contribution in [2.24, 2.45) is 9.98 Å². The van der Waals surface area contributed by atoms with Gasteiger partial charge in [-0.1, -0.05) is 0 Å². The molecule has 4 nitrogen and oxygen atoms in total. The van der Waals surface area contributed by atoms with Crippen molar-refractivity contribution in [3.8, 4) is 0 Å². The molecule has 1 atom stereocenters. The van der Waals surface area contributed by atoms with E-state index in [4.69, 9.17) is 4.99 Å². The molecule has 91 valence electrons. The molecular formula is C13H17BN4+. The Morgan fingerprint density at radius 1 is 1.39 bits per heavy atom. The first-order chi connectivity index (χ1) is 8.63. The molecule has 1 radical (unpaired) electrons. The Balaban J connectivity index is 1.91. The van der Waals surface area contributed by atoms with Crippen LogP contribution in [0.15, 0.2) is 45.8 Å². The number of quaternary nitrogens is 1. The van der Waals surface area contributed by atoms with Gasteiger partial charge in [-0.05, 0) is 39.5 Å². The molecule has 0 bridgehead atoms. The molecule has 3 heterocycles. The van der Waals surface area contributed by atoms with Crippen LogP contribution in [0.5, 0.6) is 0 Å². The van der Waals surface area contributed by atoms with Crippen molar-refractivity contribution in [3.63, 3.8) is 0 Å². The highest BCUT2D eigenvalue weighted by molar-refractivity contribution is 6.40. The topological polar surface area (TPSA) is 28.0 Å². The van der Waals surface area contributed by atoms with E-state index in [1.165, 1.54) is 11.4 Å². The Bertz CT molecular complexity index is 539. The van der Waals surface area contributed by atoms with Crippen LogP contribution in [0.2, 0.25) is 6.32 Å². The van der Waals surface area contributed by atoms with Gasteiger partial charge in [-0.2, -0.15) is 9.48 Å². The molecule has 3 aliphatic heterocycles. The molecule has 5 heteroatoms. The van der Waals surface area contributed by atoms with E-state index < -0.39 is 0 Å². The number of nitrogens with zero attached hydrogens (tertiary/aromatic N) is 4. The average molecular weight is 240 g/mol. The maximum Gasteiger partial charge on any atom is 0.239 e. The van der Waals surface area contributed by atoms with Crippen molar-refractivity contribution in [2.45, 2.75) is 13.2 Å². The van der Waals surface area contributed by atoms with E-state index >= 15 is 0 Å². The molecular weight excluding hydrogens is 223 g/mol. The van der Waals surface area contributed by atoms with Gasteiger partial charge in [-0.15, -0.1) is 0 Å². The quantitative estimate of drug-likeness (QED) is 0.543. The fraction of sp³-hybridized carbons (Fsp3) is 0.385. The average Bonchev–Trinajstić information content (AvgIpc) is 2.81. The third-order valence-corrected chi connectivity index (χ3v) is 3.54. The van der Waals surface area contributed by atoms with Gasteiger partial charge in [0.1, 0.15) is 11.9 Å². The molecule has 0 fully saturated rings. The summed E-state index contributed by atoms with van der Waals surface area (Å²) in [6.45, 7) is 2.84. The Morgan fingerprint density at radius 2 is 2.22 bits per heavy atom. The van der Waals surface area contributed by atoms with Crippen molar-refractivity contribution >= 4 is 19.0 Å². The SMILES string of the molecule is CC1=C2C(C[B]N(C)C)=NC[N+]23C=CC=CC3=N1. The van der Waals surface area contributed by atoms with Gasteiger partial charge < -0.3 is 4.81 Å². The summed E-state index contributed by atoms with van der Waals surface area (Å²) in [5, 5.41) is 0. The third-order valence-electron chi connectivity index (χ3n) is 3.54. The van der Waals surface area contributed by atoms with Crippen molar-refractivity contribution < 1.29 is 4.48 Å². The van der Waals surface area contributed by atoms with Crippen molar-refractivity contribution in [3.05, 3.63) is 35.8 Å². The summed E-state index contributed by atoms with van der Waals surface area (Å²) < 4.78 is 0.693. The van der Waals surface area contributed by atoms with E-state index in [0.717, 1.165) is 24.5 Å². The summed E-state index contributed by atoms with van der Waals surface area (Å²) in [7, 11) is 6.24. The minimum Gasteiger partial charge on any atom is -0.352 e. The summed E-state index contributed by atoms with van der Waals surface area (Å²) in [6, 6.07) is 0. The Morgan fingerprint density at radius 3 is 3.00 bits per heavy atom. The molecule has 0 aromatic carbocycles. The first-order valence-corrected chi connectivity index (χ1v) is 6.21. The second-order valence-electron chi connectivity index (χ2n) is 5.07. The zero-order valence-corrected chi connectivity index (χ0v) is 11.1. The molecule has 0 aliphatic carbocycles. The van der Waals surface area contributed by atoms with E-state index in [2.05, 4.69) is 42.5 Å². The fourth-order valence-corrected chi connectivity index (χ4v) is 2.71. The maximum absolute atomic E-state index is 4.72. The van der Waals surface area contributed by atoms with Crippen LogP contribution < -0.4 is 0 Å². The summed E-state index contributed by atoms with van der Waals surface area (Å²) in [4.78, 5) is 11.5. The van der Waals surface area contributed by atoms with Crippen molar-refractivity contribution in [1.82, 2.24) is 4.81 Å². The normalized spacial score (nSPS) is 28.4. The summed E-state index contributed by atoms with van der Waals surface area (Å²) in [6.07, 6.45) is 9.29. The van der Waals surface area contributed by atoms with Gasteiger partial charge in [0.25, 0.3) is 0 Å². The zero-order chi connectivity index (χ0) is 12.8. The third kappa shape index (κ3) is 1.55. The molecule has 0 amide bonds. The summed E-state index contributed by atoms with van der Waals surface area (Å²) >= 11 is 0. The minimum atomic E-state index is 0.693. The van der Waals surface area contributed by atoms with Crippen molar-refractivity contribution in [1.29, 1.82) is 0 Å². The monoisotopic (exact) mass is 240 g/mol. The minimum absolute atomic E-state index is 0.693. The number of aliphatic imine (C=N–C) groups is 2. The summed E-state index contributed by atoms with van der Waals surface area (Å²) in [5.41, 5.74) is 3.54. The lowest BCUT2D eigenvalue weighted by Gasteiger charge is -2.26. The molecule has 3 aliphatic rings. The zero-order valence-electron chi connectivity index (χ0n) is 11.1. The molecule has 0 aromatic rings. The molecule has 0 saturated carbocycles. The van der Waals surface area contributed by atoms with Crippen LogP contribution in [0.4, 0.5) is 0 Å². The predicted octanol–water partition coefficient (Wildman–Crippen LogP) is 1.54. The molecule has 0 N–H and O–H groups in total. The van der Waals surface area contributed by atoms with E-state index in [9.17, 15) is 0 Å². The molecule has 3 rings (SSSR count). The van der Waals surface area contributed by atoms with E-state index in [0.29, 0.717) is 4.48 Å². The van der Waals surface area contributed by atoms with Crippen LogP contribution in [-0.2, 0) is 0 Å². The van der Waals surface area contributed by atoms with Crippen LogP contribution in [0.3, 0.4) is 0 Å². The Hall–Kier alpha value is -1.46.